The van der Waals surface area contributed by atoms with Gasteiger partial charge in [0.2, 0.25) is 5.91 Å². The third kappa shape index (κ3) is 4.58. The van der Waals surface area contributed by atoms with E-state index in [0.717, 1.165) is 0 Å². The molecule has 6 nitrogen and oxygen atoms in total. The first kappa shape index (κ1) is 17.5. The van der Waals surface area contributed by atoms with E-state index in [1.54, 1.807) is 11.0 Å². The maximum atomic E-state index is 12.5. The van der Waals surface area contributed by atoms with Crippen LogP contribution < -0.4 is 0 Å². The van der Waals surface area contributed by atoms with E-state index < -0.39 is 0 Å². The maximum Gasteiger partial charge on any atom is 0.257 e. The lowest BCUT2D eigenvalue weighted by Crippen LogP contribution is -2.49. The van der Waals surface area contributed by atoms with Crippen LogP contribution in [-0.4, -0.2) is 59.5 Å². The van der Waals surface area contributed by atoms with Crippen molar-refractivity contribution in [2.75, 3.05) is 19.6 Å². The molecule has 1 fully saturated rings. The molecule has 0 bridgehead atoms. The number of carbonyl (C=O) groups excluding carboxylic acids is 2. The molecule has 2 rings (SSSR count). The molecule has 2 amide bonds. The molecule has 2 atom stereocenters. The van der Waals surface area contributed by atoms with Crippen LogP contribution in [0.25, 0.3) is 0 Å². The van der Waals surface area contributed by atoms with Gasteiger partial charge in [0.1, 0.15) is 6.26 Å². The average Bonchev–Trinajstić information content (AvgIpc) is 2.99. The first-order valence-electron chi connectivity index (χ1n) is 8.15. The topological polar surface area (TPSA) is 63.0 Å². The highest BCUT2D eigenvalue weighted by Gasteiger charge is 2.27. The zero-order valence-electron chi connectivity index (χ0n) is 14.3. The van der Waals surface area contributed by atoms with Crippen LogP contribution in [0.4, 0.5) is 0 Å². The number of ether oxygens (including phenoxy) is 1. The molecule has 1 aliphatic heterocycles. The van der Waals surface area contributed by atoms with Crippen molar-refractivity contribution in [2.45, 2.75) is 52.4 Å². The summed E-state index contributed by atoms with van der Waals surface area (Å²) in [5.41, 5.74) is 0.514. The summed E-state index contributed by atoms with van der Waals surface area (Å²) in [6, 6.07) is 1.66. The maximum absolute atomic E-state index is 12.5. The van der Waals surface area contributed by atoms with Crippen molar-refractivity contribution < 1.29 is 18.7 Å². The van der Waals surface area contributed by atoms with Gasteiger partial charge in [-0.05, 0) is 33.8 Å². The minimum Gasteiger partial charge on any atom is -0.472 e. The second-order valence-corrected chi connectivity index (χ2v) is 6.41. The fourth-order valence-electron chi connectivity index (χ4n) is 2.90. The molecule has 2 unspecified atom stereocenters. The normalized spacial score (nSPS) is 21.5. The molecular weight excluding hydrogens is 296 g/mol. The lowest BCUT2D eigenvalue weighted by atomic mass is 10.2. The van der Waals surface area contributed by atoms with Crippen LogP contribution in [-0.2, 0) is 9.53 Å². The standard InChI is InChI=1S/C17H26N2O4/c1-12(2)19(17(21)15-6-8-22-11-15)7-5-16(20)18-9-13(3)23-14(4)10-18/h6,8,11-14H,5,7,9-10H2,1-4H3. The molecule has 0 aliphatic carbocycles. The lowest BCUT2D eigenvalue weighted by Gasteiger charge is -2.36. The third-order valence-electron chi connectivity index (χ3n) is 3.99. The zero-order chi connectivity index (χ0) is 17.0. The van der Waals surface area contributed by atoms with E-state index in [2.05, 4.69) is 0 Å². The van der Waals surface area contributed by atoms with Gasteiger partial charge < -0.3 is 19.0 Å². The highest BCUT2D eigenvalue weighted by molar-refractivity contribution is 5.94. The third-order valence-corrected chi connectivity index (χ3v) is 3.99. The molecule has 1 aromatic heterocycles. The van der Waals surface area contributed by atoms with Gasteiger partial charge in [0.25, 0.3) is 5.91 Å². The Morgan fingerprint density at radius 3 is 2.48 bits per heavy atom. The van der Waals surface area contributed by atoms with Crippen molar-refractivity contribution in [3.8, 4) is 0 Å². The summed E-state index contributed by atoms with van der Waals surface area (Å²) in [6.45, 7) is 9.46. The Bertz CT molecular complexity index is 517. The van der Waals surface area contributed by atoms with E-state index >= 15 is 0 Å². The lowest BCUT2D eigenvalue weighted by molar-refractivity contribution is -0.143. The number of amides is 2. The van der Waals surface area contributed by atoms with Crippen molar-refractivity contribution >= 4 is 11.8 Å². The van der Waals surface area contributed by atoms with Crippen LogP contribution in [0.2, 0.25) is 0 Å². The van der Waals surface area contributed by atoms with Gasteiger partial charge >= 0.3 is 0 Å². The Kier molecular flexibility index (Phi) is 5.82. The van der Waals surface area contributed by atoms with Gasteiger partial charge in [0, 0.05) is 32.1 Å². The number of hydrogen-bond donors (Lipinski definition) is 0. The van der Waals surface area contributed by atoms with Gasteiger partial charge in [0.05, 0.1) is 24.0 Å². The average molecular weight is 322 g/mol. The Labute approximate surface area is 137 Å². The van der Waals surface area contributed by atoms with Gasteiger partial charge in [-0.15, -0.1) is 0 Å². The summed E-state index contributed by atoms with van der Waals surface area (Å²) in [7, 11) is 0. The van der Waals surface area contributed by atoms with Gasteiger partial charge in [-0.1, -0.05) is 0 Å². The van der Waals surface area contributed by atoms with Crippen LogP contribution >= 0.6 is 0 Å². The van der Waals surface area contributed by atoms with Crippen molar-refractivity contribution in [1.82, 2.24) is 9.80 Å². The van der Waals surface area contributed by atoms with E-state index in [1.165, 1.54) is 12.5 Å². The van der Waals surface area contributed by atoms with Gasteiger partial charge in [0.15, 0.2) is 0 Å². The Morgan fingerprint density at radius 1 is 1.30 bits per heavy atom. The van der Waals surface area contributed by atoms with E-state index in [9.17, 15) is 9.59 Å². The predicted molar refractivity (Wildman–Crippen MR) is 86.1 cm³/mol. The van der Waals surface area contributed by atoms with Crippen LogP contribution in [0.1, 0.15) is 44.5 Å². The number of hydrogen-bond acceptors (Lipinski definition) is 4. The predicted octanol–water partition coefficient (Wildman–Crippen LogP) is 2.16. The Balaban J connectivity index is 1.93. The molecule has 0 spiro atoms. The van der Waals surface area contributed by atoms with Crippen molar-refractivity contribution in [3.05, 3.63) is 24.2 Å². The summed E-state index contributed by atoms with van der Waals surface area (Å²) >= 11 is 0. The monoisotopic (exact) mass is 322 g/mol. The van der Waals surface area contributed by atoms with Crippen molar-refractivity contribution in [2.24, 2.45) is 0 Å². The number of nitrogens with zero attached hydrogens (tertiary/aromatic N) is 2. The summed E-state index contributed by atoms with van der Waals surface area (Å²) < 4.78 is 10.6. The number of morpholine rings is 1. The van der Waals surface area contributed by atoms with Crippen LogP contribution in [0.5, 0.6) is 0 Å². The smallest absolute Gasteiger partial charge is 0.257 e. The first-order valence-corrected chi connectivity index (χ1v) is 8.15. The minimum absolute atomic E-state index is 0.0211. The SMILES string of the molecule is CC1CN(C(=O)CCN(C(=O)c2ccoc2)C(C)C)CC(C)O1. The molecular formula is C17H26N2O4. The zero-order valence-corrected chi connectivity index (χ0v) is 14.3. The van der Waals surface area contributed by atoms with E-state index in [0.29, 0.717) is 31.6 Å². The fourth-order valence-corrected chi connectivity index (χ4v) is 2.90. The number of furan rings is 1. The molecule has 0 N–H and O–H groups in total. The van der Waals surface area contributed by atoms with E-state index in [4.69, 9.17) is 9.15 Å². The van der Waals surface area contributed by atoms with Crippen LogP contribution in [0, 0.1) is 0 Å². The quantitative estimate of drug-likeness (QED) is 0.833. The van der Waals surface area contributed by atoms with Crippen molar-refractivity contribution in [3.63, 3.8) is 0 Å². The molecule has 1 aliphatic rings. The van der Waals surface area contributed by atoms with Gasteiger partial charge in [-0.3, -0.25) is 9.59 Å². The molecule has 2 heterocycles. The molecule has 6 heteroatoms. The Hall–Kier alpha value is -1.82. The van der Waals surface area contributed by atoms with Crippen LogP contribution in [0.3, 0.4) is 0 Å². The van der Waals surface area contributed by atoms with Crippen molar-refractivity contribution in [1.29, 1.82) is 0 Å². The summed E-state index contributed by atoms with van der Waals surface area (Å²) in [6.07, 6.45) is 3.34. The molecule has 1 aromatic rings. The van der Waals surface area contributed by atoms with E-state index in [-0.39, 0.29) is 30.1 Å². The second-order valence-electron chi connectivity index (χ2n) is 6.41. The summed E-state index contributed by atoms with van der Waals surface area (Å²) in [4.78, 5) is 28.4. The summed E-state index contributed by atoms with van der Waals surface area (Å²) in [5.74, 6) is -0.0390. The molecule has 0 aromatic carbocycles. The van der Waals surface area contributed by atoms with Gasteiger partial charge in [-0.2, -0.15) is 0 Å². The highest BCUT2D eigenvalue weighted by atomic mass is 16.5. The Morgan fingerprint density at radius 2 is 1.96 bits per heavy atom. The number of carbonyl (C=O) groups is 2. The molecule has 23 heavy (non-hydrogen) atoms. The largest absolute Gasteiger partial charge is 0.472 e. The first-order chi connectivity index (χ1) is 10.9. The fraction of sp³-hybridized carbons (Fsp3) is 0.647. The minimum atomic E-state index is -0.106. The number of rotatable bonds is 5. The highest BCUT2D eigenvalue weighted by Crippen LogP contribution is 2.14. The molecule has 1 saturated heterocycles. The van der Waals surface area contributed by atoms with Crippen LogP contribution in [0.15, 0.2) is 23.0 Å². The van der Waals surface area contributed by atoms with Gasteiger partial charge in [-0.25, -0.2) is 0 Å². The summed E-state index contributed by atoms with van der Waals surface area (Å²) in [5, 5.41) is 0. The molecule has 0 saturated carbocycles. The second kappa shape index (κ2) is 7.64. The molecule has 128 valence electrons. The van der Waals surface area contributed by atoms with E-state index in [1.807, 2.05) is 32.6 Å². The molecule has 0 radical (unpaired) electrons.